The van der Waals surface area contributed by atoms with Gasteiger partial charge in [0, 0.05) is 0 Å². The van der Waals surface area contributed by atoms with E-state index in [2.05, 4.69) is 27.7 Å². The smallest absolute Gasteiger partial charge is 0.411 e. The van der Waals surface area contributed by atoms with Crippen LogP contribution in [0.5, 0.6) is 23.0 Å². The van der Waals surface area contributed by atoms with Crippen molar-refractivity contribution in [1.29, 1.82) is 0 Å². The van der Waals surface area contributed by atoms with Gasteiger partial charge < -0.3 is 28.4 Å². The minimum atomic E-state index is -5.93. The van der Waals surface area contributed by atoms with Crippen molar-refractivity contribution in [3.05, 3.63) is 118 Å². The van der Waals surface area contributed by atoms with E-state index in [0.717, 1.165) is 127 Å². The van der Waals surface area contributed by atoms with Crippen molar-refractivity contribution in [1.82, 2.24) is 0 Å². The maximum Gasteiger partial charge on any atom is 0.411 e. The monoisotopic (exact) mass is 1110 g/mol. The number of hydrogen-bond acceptors (Lipinski definition) is 10. The van der Waals surface area contributed by atoms with Crippen molar-refractivity contribution in [2.75, 3.05) is 26.4 Å². The average molecular weight is 1110 g/mol. The Kier molecular flexibility index (Phi) is 26.7. The van der Waals surface area contributed by atoms with Crippen molar-refractivity contribution >= 4 is 23.9 Å². The second kappa shape index (κ2) is 32.3. The number of ether oxygens (including phenoxy) is 6. The number of rotatable bonds is 34. The van der Waals surface area contributed by atoms with Crippen LogP contribution in [0.3, 0.4) is 0 Å². The largest absolute Gasteiger partial charge is 0.462 e. The molecule has 4 atom stereocenters. The maximum absolute atomic E-state index is 15.4. The maximum atomic E-state index is 15.4. The Hall–Kier alpha value is -6.06. The van der Waals surface area contributed by atoms with E-state index in [1.807, 2.05) is 27.7 Å². The van der Waals surface area contributed by atoms with Gasteiger partial charge in [-0.1, -0.05) is 157 Å². The molecule has 4 aromatic rings. The standard InChI is InChI=1S/C63H82F6O10/c1-9-17-21-43(13-5)39-74-57(70)53-35-33-51(37-55(53)59(72)76-41-45(15-7)23-19-11-3)78-49-29-25-47(26-30-49)61(62(64,65)66,63(67,68)69)48-27-31-50(32-28-48)79-52-34-36-54(58(71)75-40-44(14-6)22-18-10-2)56(38-52)60(73)77-42-46(16-8)24-20-12-4/h25-38,43-46H,9-24,39-42H2,1-8H3. The zero-order valence-electron chi connectivity index (χ0n) is 47.4. The summed E-state index contributed by atoms with van der Waals surface area (Å²) in [4.78, 5) is 54.3. The molecule has 0 saturated heterocycles. The van der Waals surface area contributed by atoms with Gasteiger partial charge in [0.2, 0.25) is 5.41 Å². The molecule has 0 amide bonds. The third-order valence-electron chi connectivity index (χ3n) is 14.7. The summed E-state index contributed by atoms with van der Waals surface area (Å²) in [7, 11) is 0. The summed E-state index contributed by atoms with van der Waals surface area (Å²) in [6, 6.07) is 14.2. The minimum absolute atomic E-state index is 0.0498. The van der Waals surface area contributed by atoms with Crippen LogP contribution in [0, 0.1) is 23.7 Å². The van der Waals surface area contributed by atoms with Crippen LogP contribution in [0.4, 0.5) is 26.3 Å². The van der Waals surface area contributed by atoms with Gasteiger partial charge in [0.25, 0.3) is 0 Å². The van der Waals surface area contributed by atoms with E-state index in [-0.39, 0.29) is 95.4 Å². The first-order valence-corrected chi connectivity index (χ1v) is 28.4. The Morgan fingerprint density at radius 2 is 0.620 bits per heavy atom. The van der Waals surface area contributed by atoms with Crippen molar-refractivity contribution < 1.29 is 73.9 Å². The third kappa shape index (κ3) is 18.5. The van der Waals surface area contributed by atoms with Gasteiger partial charge in [-0.3, -0.25) is 0 Å². The molecule has 0 aliphatic rings. The van der Waals surface area contributed by atoms with Crippen LogP contribution >= 0.6 is 0 Å². The molecule has 0 heterocycles. The summed E-state index contributed by atoms with van der Waals surface area (Å²) in [5.41, 5.74) is -7.42. The number of halogens is 6. The molecule has 79 heavy (non-hydrogen) atoms. The molecule has 0 N–H and O–H groups in total. The molecular weight excluding hydrogens is 1030 g/mol. The van der Waals surface area contributed by atoms with Crippen molar-refractivity contribution in [3.8, 4) is 23.0 Å². The molecule has 0 aromatic heterocycles. The fourth-order valence-corrected chi connectivity index (χ4v) is 9.35. The van der Waals surface area contributed by atoms with Crippen LogP contribution in [-0.2, 0) is 24.4 Å². The van der Waals surface area contributed by atoms with Crippen LogP contribution in [0.1, 0.15) is 211 Å². The lowest BCUT2D eigenvalue weighted by atomic mass is 9.73. The van der Waals surface area contributed by atoms with Gasteiger partial charge >= 0.3 is 36.2 Å². The summed E-state index contributed by atoms with van der Waals surface area (Å²) < 4.78 is 127. The first-order valence-electron chi connectivity index (χ1n) is 28.4. The molecule has 0 spiro atoms. The summed E-state index contributed by atoms with van der Waals surface area (Å²) in [6.45, 7) is 16.6. The van der Waals surface area contributed by atoms with Gasteiger partial charge in [-0.2, -0.15) is 26.3 Å². The zero-order valence-corrected chi connectivity index (χ0v) is 47.4. The van der Waals surface area contributed by atoms with E-state index >= 15 is 26.3 Å². The molecule has 0 saturated carbocycles. The Bertz CT molecular complexity index is 2330. The highest BCUT2D eigenvalue weighted by Crippen LogP contribution is 2.56. The second-order valence-electron chi connectivity index (χ2n) is 20.5. The highest BCUT2D eigenvalue weighted by Gasteiger charge is 2.72. The van der Waals surface area contributed by atoms with E-state index in [1.54, 1.807) is 0 Å². The van der Waals surface area contributed by atoms with Crippen LogP contribution in [-0.4, -0.2) is 62.7 Å². The lowest BCUT2D eigenvalue weighted by molar-refractivity contribution is -0.288. The van der Waals surface area contributed by atoms with Gasteiger partial charge in [0.1, 0.15) is 23.0 Å². The van der Waals surface area contributed by atoms with E-state index in [1.165, 1.54) is 36.4 Å². The Morgan fingerprint density at radius 1 is 0.367 bits per heavy atom. The number of unbranched alkanes of at least 4 members (excludes halogenated alkanes) is 4. The van der Waals surface area contributed by atoms with Crippen molar-refractivity contribution in [2.45, 2.75) is 176 Å². The van der Waals surface area contributed by atoms with Crippen molar-refractivity contribution in [3.63, 3.8) is 0 Å². The molecule has 0 aliphatic heterocycles. The number of carbonyl (C=O) groups is 4. The van der Waals surface area contributed by atoms with Gasteiger partial charge in [-0.05, 0) is 121 Å². The van der Waals surface area contributed by atoms with Crippen LogP contribution in [0.2, 0.25) is 0 Å². The van der Waals surface area contributed by atoms with E-state index < -0.39 is 52.8 Å². The fourth-order valence-electron chi connectivity index (χ4n) is 9.35. The van der Waals surface area contributed by atoms with Gasteiger partial charge in [-0.25, -0.2) is 19.2 Å². The van der Waals surface area contributed by atoms with E-state index in [9.17, 15) is 19.2 Å². The normalized spacial score (nSPS) is 13.4. The predicted octanol–water partition coefficient (Wildman–Crippen LogP) is 18.2. The molecule has 0 fully saturated rings. The molecule has 16 heteroatoms. The van der Waals surface area contributed by atoms with Gasteiger partial charge in [0.05, 0.1) is 48.7 Å². The minimum Gasteiger partial charge on any atom is -0.462 e. The number of carbonyl (C=O) groups excluding carboxylic acids is 4. The Balaban J connectivity index is 1.67. The lowest BCUT2D eigenvalue weighted by Crippen LogP contribution is -2.54. The number of alkyl halides is 6. The number of hydrogen-bond donors (Lipinski definition) is 0. The molecule has 4 aromatic carbocycles. The molecule has 4 unspecified atom stereocenters. The second-order valence-corrected chi connectivity index (χ2v) is 20.5. The SMILES string of the molecule is CCCCC(CC)COC(=O)c1ccc(Oc2ccc(C(c3ccc(Oc4ccc(C(=O)OCC(CC)CCCC)c(C(=O)OCC(CC)CCCC)c4)cc3)(C(F)(F)F)C(F)(F)F)cc2)cc1C(=O)OCC(CC)CCCC. The molecule has 10 nitrogen and oxygen atoms in total. The highest BCUT2D eigenvalue weighted by atomic mass is 19.4. The van der Waals surface area contributed by atoms with Crippen LogP contribution < -0.4 is 9.47 Å². The Labute approximate surface area is 463 Å². The zero-order chi connectivity index (χ0) is 58.2. The molecule has 0 bridgehead atoms. The molecule has 0 radical (unpaired) electrons. The molecule has 436 valence electrons. The molecule has 4 rings (SSSR count). The average Bonchev–Trinajstić information content (AvgIpc) is 3.58. The van der Waals surface area contributed by atoms with Gasteiger partial charge in [0.15, 0.2) is 0 Å². The summed E-state index contributed by atoms with van der Waals surface area (Å²) in [5.74, 6) is -3.26. The molecule has 0 aliphatic carbocycles. The quantitative estimate of drug-likeness (QED) is 0.0254. The first-order chi connectivity index (χ1) is 37.7. The number of esters is 4. The molecular formula is C63H82F6O10. The lowest BCUT2D eigenvalue weighted by Gasteiger charge is -2.38. The summed E-state index contributed by atoms with van der Waals surface area (Å²) >= 11 is 0. The third-order valence-corrected chi connectivity index (χ3v) is 14.7. The van der Waals surface area contributed by atoms with E-state index in [4.69, 9.17) is 28.4 Å². The van der Waals surface area contributed by atoms with Gasteiger partial charge in [-0.15, -0.1) is 0 Å². The Morgan fingerprint density at radius 3 is 0.861 bits per heavy atom. The summed E-state index contributed by atoms with van der Waals surface area (Å²) in [5, 5.41) is 0. The topological polar surface area (TPSA) is 124 Å². The van der Waals surface area contributed by atoms with E-state index in [0.29, 0.717) is 24.3 Å². The highest BCUT2D eigenvalue weighted by molar-refractivity contribution is 6.04. The fraction of sp³-hybridized carbons (Fsp3) is 0.556. The van der Waals surface area contributed by atoms with Crippen molar-refractivity contribution in [2.24, 2.45) is 23.7 Å². The predicted molar refractivity (Wildman–Crippen MR) is 293 cm³/mol. The van der Waals surface area contributed by atoms with Crippen LogP contribution in [0.25, 0.3) is 0 Å². The first kappa shape index (κ1) is 65.5. The summed E-state index contributed by atoms with van der Waals surface area (Å²) in [6.07, 6.45) is 2.14. The number of benzene rings is 4. The van der Waals surface area contributed by atoms with Crippen LogP contribution in [0.15, 0.2) is 84.9 Å².